The molecule has 24 heavy (non-hydrogen) atoms. The number of nitro groups is 1. The molecule has 1 aliphatic rings. The van der Waals surface area contributed by atoms with E-state index in [4.69, 9.17) is 4.74 Å². The lowest BCUT2D eigenvalue weighted by Gasteiger charge is -2.24. The highest BCUT2D eigenvalue weighted by atomic mass is 16.6. The molecule has 0 saturated carbocycles. The van der Waals surface area contributed by atoms with Crippen molar-refractivity contribution in [2.24, 2.45) is 5.10 Å². The molecule has 3 rings (SSSR count). The number of hydrogen-bond donors (Lipinski definition) is 1. The third kappa shape index (κ3) is 3.47. The Morgan fingerprint density at radius 3 is 2.75 bits per heavy atom. The Hall–Kier alpha value is -3.06. The van der Waals surface area contributed by atoms with E-state index in [0.29, 0.717) is 12.2 Å². The van der Waals surface area contributed by atoms with Crippen molar-refractivity contribution >= 4 is 17.8 Å². The second-order valence-electron chi connectivity index (χ2n) is 5.28. The average molecular weight is 325 g/mol. The van der Waals surface area contributed by atoms with Crippen LogP contribution in [0.2, 0.25) is 0 Å². The molecule has 2 aromatic rings. The maximum absolute atomic E-state index is 12.3. The number of nitrogens with one attached hydrogen (secondary N) is 1. The number of fused-ring (bicyclic) bond motifs is 1. The Morgan fingerprint density at radius 1 is 1.25 bits per heavy atom. The van der Waals surface area contributed by atoms with Gasteiger partial charge in [0.2, 0.25) is 0 Å². The van der Waals surface area contributed by atoms with Gasteiger partial charge in [0, 0.05) is 12.1 Å². The van der Waals surface area contributed by atoms with Crippen molar-refractivity contribution < 1.29 is 14.5 Å². The first kappa shape index (κ1) is 15.8. The predicted molar refractivity (Wildman–Crippen MR) is 87.7 cm³/mol. The fraction of sp³-hybridized carbons (Fsp3) is 0.176. The molecule has 1 aliphatic heterocycles. The number of amides is 1. The van der Waals surface area contributed by atoms with Gasteiger partial charge in [0.25, 0.3) is 11.6 Å². The number of nitro benzene ring substituents is 1. The molecule has 0 bridgehead atoms. The summed E-state index contributed by atoms with van der Waals surface area (Å²) >= 11 is 0. The number of nitrogens with zero attached hydrogens (tertiary/aromatic N) is 2. The van der Waals surface area contributed by atoms with Crippen molar-refractivity contribution in [3.05, 3.63) is 75.3 Å². The lowest BCUT2D eigenvalue weighted by atomic mass is 9.97. The van der Waals surface area contributed by atoms with E-state index in [0.717, 1.165) is 17.5 Å². The third-order valence-electron chi connectivity index (χ3n) is 3.72. The summed E-state index contributed by atoms with van der Waals surface area (Å²) in [6.45, 7) is 0.487. The molecule has 0 fully saturated rings. The molecule has 1 N–H and O–H groups in total. The predicted octanol–water partition coefficient (Wildman–Crippen LogP) is 2.36. The molecule has 7 heteroatoms. The molecule has 1 atom stereocenters. The Kier molecular flexibility index (Phi) is 4.62. The summed E-state index contributed by atoms with van der Waals surface area (Å²) < 4.78 is 5.55. The Bertz CT molecular complexity index is 787. The molecule has 1 heterocycles. The summed E-state index contributed by atoms with van der Waals surface area (Å²) in [4.78, 5) is 22.4. The molecule has 122 valence electrons. The number of ether oxygens (including phenoxy) is 1. The second-order valence-corrected chi connectivity index (χ2v) is 5.28. The van der Waals surface area contributed by atoms with Gasteiger partial charge in [-0.3, -0.25) is 14.9 Å². The lowest BCUT2D eigenvalue weighted by molar-refractivity contribution is -0.384. The number of hydrogen-bond acceptors (Lipinski definition) is 5. The third-order valence-corrected chi connectivity index (χ3v) is 3.72. The van der Waals surface area contributed by atoms with Gasteiger partial charge in [-0.2, -0.15) is 5.10 Å². The van der Waals surface area contributed by atoms with Crippen LogP contribution in [0.5, 0.6) is 0 Å². The molecule has 0 aliphatic carbocycles. The van der Waals surface area contributed by atoms with Crippen molar-refractivity contribution in [2.75, 3.05) is 6.61 Å². The van der Waals surface area contributed by atoms with E-state index in [1.54, 1.807) is 12.1 Å². The maximum Gasteiger partial charge on any atom is 0.273 e. The quantitative estimate of drug-likeness (QED) is 0.530. The fourth-order valence-corrected chi connectivity index (χ4v) is 2.52. The van der Waals surface area contributed by atoms with Crippen LogP contribution >= 0.6 is 0 Å². The van der Waals surface area contributed by atoms with E-state index < -0.39 is 11.0 Å². The van der Waals surface area contributed by atoms with Gasteiger partial charge in [0.05, 0.1) is 17.7 Å². The molecule has 1 unspecified atom stereocenters. The number of hydrazone groups is 1. The normalized spacial score (nSPS) is 16.6. The van der Waals surface area contributed by atoms with Gasteiger partial charge >= 0.3 is 0 Å². The maximum atomic E-state index is 12.3. The highest BCUT2D eigenvalue weighted by molar-refractivity contribution is 5.85. The smallest absolute Gasteiger partial charge is 0.273 e. The van der Waals surface area contributed by atoms with Gasteiger partial charge in [-0.05, 0) is 35.2 Å². The van der Waals surface area contributed by atoms with Gasteiger partial charge < -0.3 is 4.74 Å². The largest absolute Gasteiger partial charge is 0.363 e. The minimum absolute atomic E-state index is 0.00315. The number of carbonyl (C=O) groups excluding carboxylic acids is 1. The van der Waals surface area contributed by atoms with Crippen LogP contribution in [0.15, 0.2) is 53.6 Å². The Morgan fingerprint density at radius 2 is 2.00 bits per heavy atom. The van der Waals surface area contributed by atoms with Crippen molar-refractivity contribution in [3.63, 3.8) is 0 Å². The van der Waals surface area contributed by atoms with Crippen molar-refractivity contribution in [3.8, 4) is 0 Å². The van der Waals surface area contributed by atoms with Gasteiger partial charge in [0.1, 0.15) is 0 Å². The summed E-state index contributed by atoms with van der Waals surface area (Å²) in [5.74, 6) is -0.347. The van der Waals surface area contributed by atoms with E-state index in [1.165, 1.54) is 18.3 Å². The van der Waals surface area contributed by atoms with E-state index in [1.807, 2.05) is 24.3 Å². The van der Waals surface area contributed by atoms with Crippen molar-refractivity contribution in [1.82, 2.24) is 5.43 Å². The first-order valence-electron chi connectivity index (χ1n) is 7.42. The average Bonchev–Trinajstić information content (AvgIpc) is 2.61. The summed E-state index contributed by atoms with van der Waals surface area (Å²) in [5.41, 5.74) is 5.05. The van der Waals surface area contributed by atoms with Gasteiger partial charge in [0.15, 0.2) is 6.10 Å². The van der Waals surface area contributed by atoms with Crippen LogP contribution in [-0.4, -0.2) is 23.7 Å². The number of benzene rings is 2. The molecule has 0 radical (unpaired) electrons. The molecule has 1 amide bonds. The minimum Gasteiger partial charge on any atom is -0.363 e. The van der Waals surface area contributed by atoms with Crippen LogP contribution in [0.3, 0.4) is 0 Å². The minimum atomic E-state index is -0.677. The summed E-state index contributed by atoms with van der Waals surface area (Å²) in [6, 6.07) is 13.5. The summed E-state index contributed by atoms with van der Waals surface area (Å²) in [7, 11) is 0. The molecule has 0 saturated heterocycles. The number of carbonyl (C=O) groups is 1. The summed E-state index contributed by atoms with van der Waals surface area (Å²) in [5, 5.41) is 14.5. The van der Waals surface area contributed by atoms with Crippen LogP contribution in [0, 0.1) is 10.1 Å². The first-order valence-corrected chi connectivity index (χ1v) is 7.42. The van der Waals surface area contributed by atoms with Crippen LogP contribution in [0.25, 0.3) is 0 Å². The van der Waals surface area contributed by atoms with Crippen LogP contribution in [0.1, 0.15) is 22.8 Å². The van der Waals surface area contributed by atoms with Crippen LogP contribution < -0.4 is 5.43 Å². The topological polar surface area (TPSA) is 93.8 Å². The van der Waals surface area contributed by atoms with Gasteiger partial charge in [-0.15, -0.1) is 0 Å². The van der Waals surface area contributed by atoms with Crippen LogP contribution in [-0.2, 0) is 16.0 Å². The van der Waals surface area contributed by atoms with Gasteiger partial charge in [-0.25, -0.2) is 5.43 Å². The molecule has 0 aromatic heterocycles. The van der Waals surface area contributed by atoms with Crippen molar-refractivity contribution in [2.45, 2.75) is 12.5 Å². The molecular formula is C17H15N3O4. The molecule has 7 nitrogen and oxygen atoms in total. The van der Waals surface area contributed by atoms with E-state index in [9.17, 15) is 14.9 Å². The van der Waals surface area contributed by atoms with E-state index in [2.05, 4.69) is 10.5 Å². The Labute approximate surface area is 138 Å². The number of rotatable bonds is 4. The molecule has 2 aromatic carbocycles. The highest BCUT2D eigenvalue weighted by Crippen LogP contribution is 2.26. The number of non-ortho nitro benzene ring substituents is 1. The first-order chi connectivity index (χ1) is 11.6. The fourth-order valence-electron chi connectivity index (χ4n) is 2.52. The zero-order chi connectivity index (χ0) is 16.9. The molecule has 0 spiro atoms. The summed E-state index contributed by atoms with van der Waals surface area (Å²) in [6.07, 6.45) is 1.53. The zero-order valence-corrected chi connectivity index (χ0v) is 12.7. The highest BCUT2D eigenvalue weighted by Gasteiger charge is 2.26. The van der Waals surface area contributed by atoms with Crippen LogP contribution in [0.4, 0.5) is 5.69 Å². The zero-order valence-electron chi connectivity index (χ0n) is 12.7. The van der Waals surface area contributed by atoms with Gasteiger partial charge in [-0.1, -0.05) is 24.3 Å². The van der Waals surface area contributed by atoms with Crippen molar-refractivity contribution in [1.29, 1.82) is 0 Å². The second kappa shape index (κ2) is 7.01. The van der Waals surface area contributed by atoms with E-state index >= 15 is 0 Å². The Balaban J connectivity index is 1.64. The molecular weight excluding hydrogens is 310 g/mol. The monoisotopic (exact) mass is 325 g/mol. The van der Waals surface area contributed by atoms with E-state index in [-0.39, 0.29) is 11.6 Å². The lowest BCUT2D eigenvalue weighted by Crippen LogP contribution is -2.31. The SMILES string of the molecule is O=C(NN=Cc1ccc([N+](=O)[O-])cc1)C1OCCc2ccccc21. The standard InChI is InChI=1S/C17H15N3O4/c21-17(16-15-4-2-1-3-13(15)9-10-24-16)19-18-11-12-5-7-14(8-6-12)20(22)23/h1-8,11,16H,9-10H2,(H,19,21).